The van der Waals surface area contributed by atoms with Crippen molar-refractivity contribution in [2.45, 2.75) is 79.4 Å². The molecule has 0 saturated heterocycles. The second-order valence-corrected chi connectivity index (χ2v) is 11.9. The van der Waals surface area contributed by atoms with Gasteiger partial charge in [0.1, 0.15) is 0 Å². The summed E-state index contributed by atoms with van der Waals surface area (Å²) in [5.41, 5.74) is 12.2. The number of rotatable bonds is 19. The highest BCUT2D eigenvalue weighted by atomic mass is 16.5. The first-order valence-corrected chi connectivity index (χ1v) is 14.0. The third-order valence-electron chi connectivity index (χ3n) is 7.50. The van der Waals surface area contributed by atoms with Gasteiger partial charge in [-0.3, -0.25) is 9.59 Å². The summed E-state index contributed by atoms with van der Waals surface area (Å²) in [5.74, 6) is 0.792. The van der Waals surface area contributed by atoms with E-state index < -0.39 is 29.4 Å². The number of ether oxygens (including phenoxy) is 3. The molecule has 4 atom stereocenters. The number of nitrogens with one attached hydrogen (secondary N) is 1. The smallest absolute Gasteiger partial charge is 0.224 e. The third-order valence-corrected chi connectivity index (χ3v) is 7.50. The van der Waals surface area contributed by atoms with Gasteiger partial charge in [-0.15, -0.1) is 0 Å². The van der Waals surface area contributed by atoms with Crippen molar-refractivity contribution in [3.05, 3.63) is 23.8 Å². The molecule has 0 radical (unpaired) electrons. The molecule has 1 aromatic carbocycles. The van der Waals surface area contributed by atoms with Crippen LogP contribution in [0.4, 0.5) is 0 Å². The molecule has 39 heavy (non-hydrogen) atoms. The highest BCUT2D eigenvalue weighted by molar-refractivity contribution is 5.83. The Hall–Kier alpha value is -2.36. The fraction of sp³-hybridized carbons (Fsp3) is 0.733. The molecule has 0 heterocycles. The van der Waals surface area contributed by atoms with Crippen LogP contribution in [0.2, 0.25) is 0 Å². The Labute approximate surface area is 235 Å². The number of hydrogen-bond acceptors (Lipinski definition) is 7. The van der Waals surface area contributed by atoms with Crippen LogP contribution in [0.15, 0.2) is 18.2 Å². The topological polar surface area (TPSA) is 146 Å². The van der Waals surface area contributed by atoms with Crippen molar-refractivity contribution in [2.24, 2.45) is 40.6 Å². The van der Waals surface area contributed by atoms with Gasteiger partial charge in [0.25, 0.3) is 0 Å². The SMILES string of the molecule is COCCCOc1cc(C[C@H](C[C@@H](N)[C@H](O)C[C@H](C(=O)NCC(C)(C)C(N)=O)C(C)C)C(C)C)ccc1OC. The lowest BCUT2D eigenvalue weighted by atomic mass is 9.80. The molecule has 0 fully saturated rings. The molecule has 9 nitrogen and oxygen atoms in total. The van der Waals surface area contributed by atoms with E-state index in [0.29, 0.717) is 37.1 Å². The number of methoxy groups -OCH3 is 2. The van der Waals surface area contributed by atoms with Crippen LogP contribution in [0, 0.1) is 29.1 Å². The number of nitrogens with two attached hydrogens (primary N) is 2. The van der Waals surface area contributed by atoms with Crippen molar-refractivity contribution in [2.75, 3.05) is 34.0 Å². The number of aliphatic hydroxyl groups excluding tert-OH is 1. The average molecular weight is 552 g/mol. The van der Waals surface area contributed by atoms with Gasteiger partial charge in [-0.2, -0.15) is 0 Å². The van der Waals surface area contributed by atoms with Crippen LogP contribution >= 0.6 is 0 Å². The molecule has 0 bridgehead atoms. The third kappa shape index (κ3) is 11.7. The lowest BCUT2D eigenvalue weighted by Gasteiger charge is -2.30. The molecule has 0 aliphatic carbocycles. The fourth-order valence-electron chi connectivity index (χ4n) is 4.39. The van der Waals surface area contributed by atoms with E-state index >= 15 is 0 Å². The first kappa shape index (κ1) is 34.7. The van der Waals surface area contributed by atoms with Crippen LogP contribution in [-0.4, -0.2) is 63.0 Å². The van der Waals surface area contributed by atoms with Gasteiger partial charge in [0.2, 0.25) is 11.8 Å². The summed E-state index contributed by atoms with van der Waals surface area (Å²) in [4.78, 5) is 24.5. The summed E-state index contributed by atoms with van der Waals surface area (Å²) < 4.78 is 16.5. The molecule has 1 aromatic rings. The maximum atomic E-state index is 12.9. The van der Waals surface area contributed by atoms with Crippen molar-refractivity contribution in [1.82, 2.24) is 5.32 Å². The Bertz CT molecular complexity index is 889. The molecule has 0 unspecified atom stereocenters. The van der Waals surface area contributed by atoms with Crippen molar-refractivity contribution in [3.8, 4) is 11.5 Å². The van der Waals surface area contributed by atoms with Gasteiger partial charge in [0.15, 0.2) is 11.5 Å². The van der Waals surface area contributed by atoms with Gasteiger partial charge in [0, 0.05) is 38.6 Å². The summed E-state index contributed by atoms with van der Waals surface area (Å²) in [6.07, 6.45) is 1.56. The normalized spacial score (nSPS) is 15.1. The van der Waals surface area contributed by atoms with E-state index in [-0.39, 0.29) is 30.7 Å². The number of aliphatic hydroxyl groups is 1. The highest BCUT2D eigenvalue weighted by Crippen LogP contribution is 2.32. The quantitative estimate of drug-likeness (QED) is 0.193. The summed E-state index contributed by atoms with van der Waals surface area (Å²) in [6.45, 7) is 12.9. The molecule has 0 saturated carbocycles. The van der Waals surface area contributed by atoms with E-state index in [2.05, 4.69) is 19.2 Å². The molecule has 0 spiro atoms. The minimum absolute atomic E-state index is 0.00829. The Kier molecular flexibility index (Phi) is 14.8. The number of carbonyl (C=O) groups is 2. The van der Waals surface area contributed by atoms with E-state index in [4.69, 9.17) is 25.7 Å². The Balaban J connectivity index is 2.87. The lowest BCUT2D eigenvalue weighted by Crippen LogP contribution is -2.46. The Morgan fingerprint density at radius 2 is 1.69 bits per heavy atom. The van der Waals surface area contributed by atoms with E-state index in [1.807, 2.05) is 32.0 Å². The van der Waals surface area contributed by atoms with Gasteiger partial charge < -0.3 is 36.1 Å². The minimum Gasteiger partial charge on any atom is -0.493 e. The van der Waals surface area contributed by atoms with Crippen LogP contribution < -0.4 is 26.3 Å². The van der Waals surface area contributed by atoms with Crippen molar-refractivity contribution in [1.29, 1.82) is 0 Å². The minimum atomic E-state index is -0.854. The number of amides is 2. The molecule has 0 aliphatic rings. The predicted molar refractivity (Wildman–Crippen MR) is 155 cm³/mol. The van der Waals surface area contributed by atoms with Crippen molar-refractivity contribution < 1.29 is 28.9 Å². The number of carbonyl (C=O) groups excluding carboxylic acids is 2. The van der Waals surface area contributed by atoms with Crippen LogP contribution in [0.5, 0.6) is 11.5 Å². The van der Waals surface area contributed by atoms with Crippen LogP contribution in [0.1, 0.15) is 66.4 Å². The van der Waals surface area contributed by atoms with E-state index in [0.717, 1.165) is 18.4 Å². The first-order chi connectivity index (χ1) is 18.2. The number of primary amides is 1. The van der Waals surface area contributed by atoms with Crippen LogP contribution in [-0.2, 0) is 20.7 Å². The Morgan fingerprint density at radius 3 is 2.23 bits per heavy atom. The van der Waals surface area contributed by atoms with E-state index in [1.165, 1.54) is 0 Å². The van der Waals surface area contributed by atoms with Crippen LogP contribution in [0.25, 0.3) is 0 Å². The molecular weight excluding hydrogens is 498 g/mol. The average Bonchev–Trinajstić information content (AvgIpc) is 2.87. The van der Waals surface area contributed by atoms with Crippen LogP contribution in [0.3, 0.4) is 0 Å². The molecule has 2 amide bonds. The lowest BCUT2D eigenvalue weighted by molar-refractivity contribution is -0.130. The van der Waals surface area contributed by atoms with E-state index in [9.17, 15) is 14.7 Å². The van der Waals surface area contributed by atoms with Gasteiger partial charge in [-0.1, -0.05) is 33.8 Å². The van der Waals surface area contributed by atoms with Crippen molar-refractivity contribution in [3.63, 3.8) is 0 Å². The summed E-state index contributed by atoms with van der Waals surface area (Å²) in [6, 6.07) is 5.47. The zero-order chi connectivity index (χ0) is 29.8. The Morgan fingerprint density at radius 1 is 1.03 bits per heavy atom. The summed E-state index contributed by atoms with van der Waals surface area (Å²) in [7, 11) is 3.29. The molecule has 1 rings (SSSR count). The van der Waals surface area contributed by atoms with Gasteiger partial charge >= 0.3 is 0 Å². The van der Waals surface area contributed by atoms with Crippen molar-refractivity contribution >= 4 is 11.8 Å². The molecule has 224 valence electrons. The molecule has 0 aromatic heterocycles. The zero-order valence-corrected chi connectivity index (χ0v) is 25.3. The number of benzene rings is 1. The zero-order valence-electron chi connectivity index (χ0n) is 25.3. The molecule has 0 aliphatic heterocycles. The molecule has 6 N–H and O–H groups in total. The first-order valence-electron chi connectivity index (χ1n) is 14.0. The second kappa shape index (κ2) is 16.7. The molecular formula is C30H53N3O6. The predicted octanol–water partition coefficient (Wildman–Crippen LogP) is 3.29. The van der Waals surface area contributed by atoms with Gasteiger partial charge in [-0.25, -0.2) is 0 Å². The standard InChI is InChI=1S/C30H53N3O6/c1-19(2)22(14-21-10-11-26(38-8)27(15-21)39-13-9-12-37-7)16-24(31)25(34)17-23(20(3)4)28(35)33-18-30(5,6)29(32)36/h10-11,15,19-20,22-25,34H,9,12-14,16-18,31H2,1-8H3,(H2,32,36)(H,33,35)/t22-,23+,24-,25-/m1/s1. The maximum absolute atomic E-state index is 12.9. The summed E-state index contributed by atoms with van der Waals surface area (Å²) >= 11 is 0. The van der Waals surface area contributed by atoms with E-state index in [1.54, 1.807) is 28.1 Å². The number of hydrogen-bond donors (Lipinski definition) is 4. The van der Waals surface area contributed by atoms with Gasteiger partial charge in [-0.05, 0) is 68.6 Å². The largest absolute Gasteiger partial charge is 0.493 e. The summed E-state index contributed by atoms with van der Waals surface area (Å²) in [5, 5.41) is 13.9. The maximum Gasteiger partial charge on any atom is 0.224 e. The van der Waals surface area contributed by atoms with Gasteiger partial charge in [0.05, 0.1) is 25.2 Å². The highest BCUT2D eigenvalue weighted by Gasteiger charge is 2.32. The fourth-order valence-corrected chi connectivity index (χ4v) is 4.39. The monoisotopic (exact) mass is 551 g/mol. The second-order valence-electron chi connectivity index (χ2n) is 11.9. The molecule has 9 heteroatoms.